The van der Waals surface area contributed by atoms with E-state index < -0.39 is 11.7 Å². The van der Waals surface area contributed by atoms with Gasteiger partial charge in [0.05, 0.1) is 17.8 Å². The lowest BCUT2D eigenvalue weighted by molar-refractivity contribution is 0.0489. The van der Waals surface area contributed by atoms with E-state index in [0.29, 0.717) is 23.3 Å². The van der Waals surface area contributed by atoms with E-state index in [2.05, 4.69) is 5.10 Å². The number of halogens is 1. The minimum Gasteiger partial charge on any atom is -0.460 e. The first-order valence-corrected chi connectivity index (χ1v) is 7.89. The van der Waals surface area contributed by atoms with Crippen molar-refractivity contribution in [1.29, 1.82) is 0 Å². The zero-order valence-electron chi connectivity index (χ0n) is 13.3. The minimum absolute atomic E-state index is 0.0232. The number of nitrogens with zero attached hydrogens (tertiary/aromatic N) is 3. The van der Waals surface area contributed by atoms with E-state index in [9.17, 15) is 9.59 Å². The summed E-state index contributed by atoms with van der Waals surface area (Å²) >= 11 is 6.14. The molecule has 0 fully saturated rings. The molecule has 0 N–H and O–H groups in total. The van der Waals surface area contributed by atoms with Crippen LogP contribution in [0.15, 0.2) is 33.5 Å². The predicted octanol–water partition coefficient (Wildman–Crippen LogP) is 2.63. The van der Waals surface area contributed by atoms with Gasteiger partial charge >= 0.3 is 11.7 Å². The van der Waals surface area contributed by atoms with Crippen LogP contribution in [-0.4, -0.2) is 26.9 Å². The summed E-state index contributed by atoms with van der Waals surface area (Å²) in [5, 5.41) is 4.43. The van der Waals surface area contributed by atoms with E-state index >= 15 is 0 Å². The van der Waals surface area contributed by atoms with Gasteiger partial charge in [0, 0.05) is 6.54 Å². The Bertz CT molecular complexity index is 954. The highest BCUT2D eigenvalue weighted by atomic mass is 35.5. The van der Waals surface area contributed by atoms with Gasteiger partial charge in [0.2, 0.25) is 0 Å². The summed E-state index contributed by atoms with van der Waals surface area (Å²) in [6.45, 7) is 4.35. The first-order chi connectivity index (χ1) is 11.5. The van der Waals surface area contributed by atoms with Gasteiger partial charge in [-0.15, -0.1) is 0 Å². The third-order valence-electron chi connectivity index (χ3n) is 3.69. The van der Waals surface area contributed by atoms with Crippen molar-refractivity contribution >= 4 is 28.7 Å². The summed E-state index contributed by atoms with van der Waals surface area (Å²) < 4.78 is 13.3. The molecule has 0 saturated carbocycles. The predicted molar refractivity (Wildman–Crippen MR) is 88.4 cm³/mol. The number of hydrogen-bond donors (Lipinski definition) is 0. The van der Waals surface area contributed by atoms with Crippen LogP contribution in [0, 0.1) is 6.92 Å². The Hall–Kier alpha value is -2.54. The van der Waals surface area contributed by atoms with E-state index in [1.807, 2.05) is 13.0 Å². The molecule has 8 heteroatoms. The van der Waals surface area contributed by atoms with Crippen LogP contribution in [0.25, 0.3) is 11.1 Å². The Labute approximate surface area is 142 Å². The van der Waals surface area contributed by atoms with Crippen LogP contribution in [0.3, 0.4) is 0 Å². The maximum absolute atomic E-state index is 12.2. The first-order valence-electron chi connectivity index (χ1n) is 7.51. The summed E-state index contributed by atoms with van der Waals surface area (Å²) in [6, 6.07) is 7.07. The molecule has 0 spiro atoms. The van der Waals surface area contributed by atoms with Crippen molar-refractivity contribution in [2.24, 2.45) is 0 Å². The quantitative estimate of drug-likeness (QED) is 0.661. The second-order valence-corrected chi connectivity index (χ2v) is 5.55. The molecule has 1 aromatic carbocycles. The monoisotopic (exact) mass is 349 g/mol. The molecule has 0 atom stereocenters. The number of carbonyl (C=O) groups is 1. The number of benzene rings is 1. The van der Waals surface area contributed by atoms with Crippen LogP contribution in [0.2, 0.25) is 5.15 Å². The van der Waals surface area contributed by atoms with E-state index in [1.54, 1.807) is 25.1 Å². The number of rotatable bonds is 5. The number of esters is 1. The molecule has 3 aromatic rings. The standard InChI is InChI=1S/C16H16ClN3O4/c1-3-20-14(17)13(10(2)18-20)15(21)23-9-8-19-11-6-4-5-7-12(11)24-16(19)22/h4-7H,3,8-9H2,1-2H3. The van der Waals surface area contributed by atoms with Gasteiger partial charge in [-0.2, -0.15) is 5.10 Å². The van der Waals surface area contributed by atoms with Crippen LogP contribution in [-0.2, 0) is 17.8 Å². The van der Waals surface area contributed by atoms with Crippen molar-refractivity contribution < 1.29 is 13.9 Å². The molecule has 0 aliphatic heterocycles. The van der Waals surface area contributed by atoms with E-state index in [4.69, 9.17) is 20.8 Å². The number of hydrogen-bond acceptors (Lipinski definition) is 5. The summed E-state index contributed by atoms with van der Waals surface area (Å²) in [7, 11) is 0. The van der Waals surface area contributed by atoms with Crippen LogP contribution in [0.1, 0.15) is 23.0 Å². The average molecular weight is 350 g/mol. The Morgan fingerprint density at radius 1 is 1.38 bits per heavy atom. The molecule has 0 amide bonds. The first kappa shape index (κ1) is 16.3. The minimum atomic E-state index is -0.557. The van der Waals surface area contributed by atoms with Gasteiger partial charge in [0.25, 0.3) is 0 Å². The lowest BCUT2D eigenvalue weighted by Crippen LogP contribution is -2.19. The number of carbonyl (C=O) groups excluding carboxylic acids is 1. The largest absolute Gasteiger partial charge is 0.460 e. The van der Waals surface area contributed by atoms with Gasteiger partial charge in [-0.3, -0.25) is 9.25 Å². The highest BCUT2D eigenvalue weighted by molar-refractivity contribution is 6.32. The van der Waals surface area contributed by atoms with Gasteiger partial charge in [-0.25, -0.2) is 9.59 Å². The molecule has 2 aromatic heterocycles. The van der Waals surface area contributed by atoms with Crippen LogP contribution >= 0.6 is 11.6 Å². The zero-order valence-corrected chi connectivity index (χ0v) is 14.0. The van der Waals surface area contributed by atoms with Gasteiger partial charge in [0.15, 0.2) is 5.58 Å². The highest BCUT2D eigenvalue weighted by Gasteiger charge is 2.21. The molecule has 7 nitrogen and oxygen atoms in total. The van der Waals surface area contributed by atoms with Crippen molar-refractivity contribution in [2.45, 2.75) is 26.9 Å². The summed E-state index contributed by atoms with van der Waals surface area (Å²) in [5.41, 5.74) is 1.92. The molecule has 2 heterocycles. The lowest BCUT2D eigenvalue weighted by atomic mass is 10.3. The normalized spacial score (nSPS) is 11.1. The van der Waals surface area contributed by atoms with E-state index in [1.165, 1.54) is 9.25 Å². The molecule has 24 heavy (non-hydrogen) atoms. The van der Waals surface area contributed by atoms with E-state index in [0.717, 1.165) is 0 Å². The van der Waals surface area contributed by atoms with Crippen molar-refractivity contribution in [3.8, 4) is 0 Å². The smallest absolute Gasteiger partial charge is 0.420 e. The zero-order chi connectivity index (χ0) is 17.3. The third kappa shape index (κ3) is 2.82. The molecular formula is C16H16ClN3O4. The maximum atomic E-state index is 12.2. The van der Waals surface area contributed by atoms with Gasteiger partial charge in [-0.05, 0) is 26.0 Å². The number of oxazole rings is 1. The van der Waals surface area contributed by atoms with E-state index in [-0.39, 0.29) is 23.9 Å². The van der Waals surface area contributed by atoms with Crippen molar-refractivity contribution in [1.82, 2.24) is 14.3 Å². The Balaban J connectivity index is 1.72. The number of fused-ring (bicyclic) bond motifs is 1. The molecule has 0 saturated heterocycles. The SMILES string of the molecule is CCn1nc(C)c(C(=O)OCCn2c(=O)oc3ccccc32)c1Cl. The molecule has 0 aliphatic rings. The molecule has 126 valence electrons. The summed E-state index contributed by atoms with van der Waals surface area (Å²) in [6.07, 6.45) is 0. The highest BCUT2D eigenvalue weighted by Crippen LogP contribution is 2.20. The Morgan fingerprint density at radius 2 is 2.12 bits per heavy atom. The molecule has 0 radical (unpaired) electrons. The molecule has 0 aliphatic carbocycles. The Kier molecular flexibility index (Phi) is 4.44. The van der Waals surface area contributed by atoms with Crippen LogP contribution in [0.4, 0.5) is 0 Å². The second-order valence-electron chi connectivity index (χ2n) is 5.19. The molecule has 0 unspecified atom stereocenters. The topological polar surface area (TPSA) is 79.3 Å². The average Bonchev–Trinajstić information content (AvgIpc) is 3.03. The summed E-state index contributed by atoms with van der Waals surface area (Å²) in [4.78, 5) is 24.1. The van der Waals surface area contributed by atoms with Crippen molar-refractivity contribution in [2.75, 3.05) is 6.61 Å². The van der Waals surface area contributed by atoms with Crippen molar-refractivity contribution in [3.05, 3.63) is 51.2 Å². The number of aryl methyl sites for hydroxylation is 2. The second kappa shape index (κ2) is 6.52. The number of aromatic nitrogens is 3. The number of ether oxygens (including phenoxy) is 1. The van der Waals surface area contributed by atoms with Gasteiger partial charge < -0.3 is 9.15 Å². The summed E-state index contributed by atoms with van der Waals surface area (Å²) in [5.74, 6) is -1.04. The molecule has 0 bridgehead atoms. The van der Waals surface area contributed by atoms with Gasteiger partial charge in [0.1, 0.15) is 17.3 Å². The number of para-hydroxylation sites is 2. The van der Waals surface area contributed by atoms with Crippen LogP contribution in [0.5, 0.6) is 0 Å². The van der Waals surface area contributed by atoms with Crippen molar-refractivity contribution in [3.63, 3.8) is 0 Å². The maximum Gasteiger partial charge on any atom is 0.420 e. The molecular weight excluding hydrogens is 334 g/mol. The fraction of sp³-hybridized carbons (Fsp3) is 0.312. The third-order valence-corrected chi connectivity index (χ3v) is 4.07. The fourth-order valence-corrected chi connectivity index (χ4v) is 2.89. The molecule has 3 rings (SSSR count). The lowest BCUT2D eigenvalue weighted by Gasteiger charge is -2.05. The Morgan fingerprint density at radius 3 is 2.83 bits per heavy atom. The van der Waals surface area contributed by atoms with Gasteiger partial charge in [-0.1, -0.05) is 23.7 Å². The fourth-order valence-electron chi connectivity index (χ4n) is 2.52. The van der Waals surface area contributed by atoms with Crippen LogP contribution < -0.4 is 5.76 Å².